The minimum Gasteiger partial charge on any atom is -0.394 e. The smallest absolute Gasteiger partial charge is 0.0847 e. The highest BCUT2D eigenvalue weighted by molar-refractivity contribution is 5.17. The zero-order chi connectivity index (χ0) is 17.9. The predicted molar refractivity (Wildman–Crippen MR) is 93.3 cm³/mol. The van der Waals surface area contributed by atoms with E-state index in [0.29, 0.717) is 19.2 Å². The van der Waals surface area contributed by atoms with Crippen molar-refractivity contribution in [2.45, 2.75) is 63.4 Å². The molecule has 2 N–H and O–H groups in total. The number of fused-ring (bicyclic) bond motifs is 1. The average molecular weight is 353 g/mol. The van der Waals surface area contributed by atoms with Crippen molar-refractivity contribution in [3.8, 4) is 0 Å². The number of hydrogen-bond donors (Lipinski definition) is 2. The van der Waals surface area contributed by atoms with Gasteiger partial charge in [-0.15, -0.1) is 0 Å². The lowest BCUT2D eigenvalue weighted by Gasteiger charge is -2.43. The van der Waals surface area contributed by atoms with Crippen LogP contribution in [0.4, 0.5) is 0 Å². The van der Waals surface area contributed by atoms with Crippen LogP contribution in [0, 0.1) is 6.92 Å². The Hall–Kier alpha value is -0.990. The lowest BCUT2D eigenvalue weighted by atomic mass is 9.79. The first kappa shape index (κ1) is 18.8. The molecular weight excluding hydrogens is 322 g/mol. The summed E-state index contributed by atoms with van der Waals surface area (Å²) in [6.07, 6.45) is 6.22. The van der Waals surface area contributed by atoms with E-state index in [0.717, 1.165) is 44.5 Å². The summed E-state index contributed by atoms with van der Waals surface area (Å²) in [7, 11) is 1.83. The van der Waals surface area contributed by atoms with E-state index in [2.05, 4.69) is 10.00 Å². The van der Waals surface area contributed by atoms with Crippen LogP contribution in [0.25, 0.3) is 0 Å². The number of hydrogen-bond acceptors (Lipinski definition) is 6. The molecule has 25 heavy (non-hydrogen) atoms. The van der Waals surface area contributed by atoms with E-state index >= 15 is 0 Å². The lowest BCUT2D eigenvalue weighted by Crippen LogP contribution is -2.51. The standard InChI is InChI=1S/C18H31N3O4/c1-14-15(13-21(19-14)7-8-22)12-20-6-5-18(24-2)4-3-16(11-17(18)20)25-10-9-23/h13,16-17,22-23H,3-12H2,1-2H3/t16-,17-,18+/m0/s1. The molecule has 2 fully saturated rings. The van der Waals surface area contributed by atoms with Gasteiger partial charge in [0.1, 0.15) is 0 Å². The fourth-order valence-electron chi connectivity index (χ4n) is 4.47. The second-order valence-electron chi connectivity index (χ2n) is 7.22. The maximum Gasteiger partial charge on any atom is 0.0847 e. The molecule has 0 bridgehead atoms. The van der Waals surface area contributed by atoms with E-state index in [1.807, 2.05) is 24.9 Å². The van der Waals surface area contributed by atoms with Crippen molar-refractivity contribution < 1.29 is 19.7 Å². The first-order chi connectivity index (χ1) is 12.1. The monoisotopic (exact) mass is 353 g/mol. The number of ether oxygens (including phenoxy) is 2. The zero-order valence-electron chi connectivity index (χ0n) is 15.4. The van der Waals surface area contributed by atoms with E-state index < -0.39 is 0 Å². The molecule has 0 amide bonds. The second-order valence-corrected chi connectivity index (χ2v) is 7.22. The first-order valence-electron chi connectivity index (χ1n) is 9.27. The van der Waals surface area contributed by atoms with Crippen molar-refractivity contribution in [1.29, 1.82) is 0 Å². The van der Waals surface area contributed by atoms with Gasteiger partial charge in [0.2, 0.25) is 0 Å². The molecule has 142 valence electrons. The molecule has 1 aromatic heterocycles. The molecule has 0 spiro atoms. The van der Waals surface area contributed by atoms with E-state index in [9.17, 15) is 0 Å². The highest BCUT2D eigenvalue weighted by atomic mass is 16.5. The first-order valence-corrected chi connectivity index (χ1v) is 9.27. The van der Waals surface area contributed by atoms with Crippen LogP contribution in [0.2, 0.25) is 0 Å². The van der Waals surface area contributed by atoms with Gasteiger partial charge in [-0.1, -0.05) is 0 Å². The van der Waals surface area contributed by atoms with Gasteiger partial charge in [0.15, 0.2) is 0 Å². The summed E-state index contributed by atoms with van der Waals surface area (Å²) in [5.41, 5.74) is 2.15. The minimum atomic E-state index is -0.0753. The van der Waals surface area contributed by atoms with Gasteiger partial charge in [0.05, 0.1) is 43.8 Å². The maximum absolute atomic E-state index is 9.10. The summed E-state index contributed by atoms with van der Waals surface area (Å²) >= 11 is 0. The van der Waals surface area contributed by atoms with Gasteiger partial charge in [-0.2, -0.15) is 5.10 Å². The molecule has 0 unspecified atom stereocenters. The summed E-state index contributed by atoms with van der Waals surface area (Å²) in [4.78, 5) is 2.49. The SMILES string of the molecule is CO[C@@]12CC[C@H](OCCO)C[C@@H]1N(Cc1cn(CCO)nc1C)CC2. The van der Waals surface area contributed by atoms with Crippen LogP contribution in [-0.2, 0) is 22.6 Å². The summed E-state index contributed by atoms with van der Waals surface area (Å²) in [5, 5.41) is 22.6. The number of aryl methyl sites for hydroxylation is 1. The molecule has 0 radical (unpaired) electrons. The van der Waals surface area contributed by atoms with Crippen molar-refractivity contribution in [3.05, 3.63) is 17.5 Å². The quantitative estimate of drug-likeness (QED) is 0.716. The molecule has 3 atom stereocenters. The Kier molecular flexibility index (Phi) is 6.12. The number of methoxy groups -OCH3 is 1. The van der Waals surface area contributed by atoms with Crippen LogP contribution in [0.3, 0.4) is 0 Å². The minimum absolute atomic E-state index is 0.0730. The van der Waals surface area contributed by atoms with Gasteiger partial charge in [0, 0.05) is 38.0 Å². The van der Waals surface area contributed by atoms with E-state index in [4.69, 9.17) is 19.7 Å². The Morgan fingerprint density at radius 3 is 2.88 bits per heavy atom. The predicted octanol–water partition coefficient (Wildman–Crippen LogP) is 0.705. The lowest BCUT2D eigenvalue weighted by molar-refractivity contribution is -0.104. The molecule has 7 heteroatoms. The Balaban J connectivity index is 1.71. The third-order valence-electron chi connectivity index (χ3n) is 5.85. The molecule has 7 nitrogen and oxygen atoms in total. The molecule has 2 heterocycles. The molecule has 0 aromatic carbocycles. The van der Waals surface area contributed by atoms with Gasteiger partial charge in [0.25, 0.3) is 0 Å². The number of aromatic nitrogens is 2. The van der Waals surface area contributed by atoms with E-state index in [1.54, 1.807) is 0 Å². The van der Waals surface area contributed by atoms with Gasteiger partial charge >= 0.3 is 0 Å². The molecular formula is C18H31N3O4. The third-order valence-corrected chi connectivity index (χ3v) is 5.85. The van der Waals surface area contributed by atoms with Crippen molar-refractivity contribution in [1.82, 2.24) is 14.7 Å². The van der Waals surface area contributed by atoms with Gasteiger partial charge in [-0.25, -0.2) is 0 Å². The fraction of sp³-hybridized carbons (Fsp3) is 0.833. The third kappa shape index (κ3) is 3.90. The van der Waals surface area contributed by atoms with Crippen molar-refractivity contribution in [3.63, 3.8) is 0 Å². The molecule has 1 aromatic rings. The molecule has 1 saturated heterocycles. The Labute approximate surface area is 149 Å². The number of nitrogens with zero attached hydrogens (tertiary/aromatic N) is 3. The van der Waals surface area contributed by atoms with Crippen LogP contribution in [-0.4, -0.2) is 76.1 Å². The normalized spacial score (nSPS) is 29.9. The van der Waals surface area contributed by atoms with E-state index in [1.165, 1.54) is 5.56 Å². The summed E-state index contributed by atoms with van der Waals surface area (Å²) in [6, 6.07) is 0.329. The van der Waals surface area contributed by atoms with Gasteiger partial charge in [-0.05, 0) is 32.6 Å². The number of likely N-dealkylation sites (tertiary alicyclic amines) is 1. The largest absolute Gasteiger partial charge is 0.394 e. The Morgan fingerprint density at radius 1 is 1.32 bits per heavy atom. The van der Waals surface area contributed by atoms with Crippen LogP contribution >= 0.6 is 0 Å². The summed E-state index contributed by atoms with van der Waals surface area (Å²) < 4.78 is 13.6. The molecule has 2 aliphatic rings. The van der Waals surface area contributed by atoms with Crippen LogP contribution in [0.1, 0.15) is 36.9 Å². The fourth-order valence-corrected chi connectivity index (χ4v) is 4.47. The van der Waals surface area contributed by atoms with Crippen molar-refractivity contribution >= 4 is 0 Å². The molecule has 1 saturated carbocycles. The number of rotatable bonds is 8. The second kappa shape index (κ2) is 8.14. The van der Waals surface area contributed by atoms with Crippen LogP contribution in [0.5, 0.6) is 0 Å². The molecule has 1 aliphatic carbocycles. The number of aliphatic hydroxyl groups is 2. The van der Waals surface area contributed by atoms with Crippen molar-refractivity contribution in [2.75, 3.05) is 33.5 Å². The summed E-state index contributed by atoms with van der Waals surface area (Å²) in [5.74, 6) is 0. The van der Waals surface area contributed by atoms with Crippen LogP contribution < -0.4 is 0 Å². The number of aliphatic hydroxyl groups excluding tert-OH is 2. The van der Waals surface area contributed by atoms with Gasteiger partial charge in [-0.3, -0.25) is 9.58 Å². The molecule has 3 rings (SSSR count). The van der Waals surface area contributed by atoms with E-state index in [-0.39, 0.29) is 24.9 Å². The Bertz CT molecular complexity index is 565. The highest BCUT2D eigenvalue weighted by Gasteiger charge is 2.51. The maximum atomic E-state index is 9.10. The Morgan fingerprint density at radius 2 is 2.16 bits per heavy atom. The topological polar surface area (TPSA) is 80.0 Å². The molecule has 1 aliphatic heterocycles. The summed E-state index contributed by atoms with van der Waals surface area (Å²) in [6.45, 7) is 4.99. The van der Waals surface area contributed by atoms with Gasteiger partial charge < -0.3 is 19.7 Å². The highest BCUT2D eigenvalue weighted by Crippen LogP contribution is 2.43. The van der Waals surface area contributed by atoms with Crippen LogP contribution in [0.15, 0.2) is 6.20 Å². The average Bonchev–Trinajstić information content (AvgIpc) is 3.15. The van der Waals surface area contributed by atoms with Crippen molar-refractivity contribution in [2.24, 2.45) is 0 Å². The zero-order valence-corrected chi connectivity index (χ0v) is 15.4.